The number of carbonyl (C=O) groups is 2. The average Bonchev–Trinajstić information content (AvgIpc) is 2.70. The zero-order valence-corrected chi connectivity index (χ0v) is 17.6. The Labute approximate surface area is 175 Å². The number of hydrogen-bond acceptors (Lipinski definition) is 3. The summed E-state index contributed by atoms with van der Waals surface area (Å²) in [5, 5.41) is 3.42. The van der Waals surface area contributed by atoms with Gasteiger partial charge in [0.05, 0.1) is 0 Å². The van der Waals surface area contributed by atoms with Crippen LogP contribution in [0.5, 0.6) is 5.75 Å². The van der Waals surface area contributed by atoms with Crippen molar-refractivity contribution in [2.24, 2.45) is 0 Å². The molecule has 0 saturated carbocycles. The summed E-state index contributed by atoms with van der Waals surface area (Å²) in [6.45, 7) is 5.31. The summed E-state index contributed by atoms with van der Waals surface area (Å²) in [5.41, 5.74) is 0.778. The summed E-state index contributed by atoms with van der Waals surface area (Å²) >= 11 is 6.05. The Hall–Kier alpha value is -2.60. The number of ether oxygens (including phenoxy) is 1. The van der Waals surface area contributed by atoms with Gasteiger partial charge in [-0.2, -0.15) is 0 Å². The van der Waals surface area contributed by atoms with Crippen LogP contribution in [0, 0.1) is 5.82 Å². The summed E-state index contributed by atoms with van der Waals surface area (Å²) in [6.07, 6.45) is 0.775. The number of benzene rings is 2. The van der Waals surface area contributed by atoms with Crippen LogP contribution in [0.2, 0.25) is 5.02 Å². The monoisotopic (exact) mass is 420 g/mol. The number of amides is 2. The summed E-state index contributed by atoms with van der Waals surface area (Å²) in [4.78, 5) is 26.9. The second-order valence-corrected chi connectivity index (χ2v) is 7.30. The summed E-state index contributed by atoms with van der Waals surface area (Å²) in [7, 11) is 0. The molecule has 29 heavy (non-hydrogen) atoms. The molecule has 0 aliphatic rings. The van der Waals surface area contributed by atoms with Gasteiger partial charge in [-0.15, -0.1) is 0 Å². The van der Waals surface area contributed by atoms with Crippen molar-refractivity contribution in [3.8, 4) is 5.75 Å². The molecule has 5 nitrogen and oxygen atoms in total. The van der Waals surface area contributed by atoms with E-state index in [1.165, 1.54) is 23.1 Å². The third-order valence-electron chi connectivity index (χ3n) is 4.60. The van der Waals surface area contributed by atoms with Gasteiger partial charge in [-0.3, -0.25) is 9.59 Å². The number of nitrogens with zero attached hydrogens (tertiary/aromatic N) is 1. The minimum atomic E-state index is -0.736. The van der Waals surface area contributed by atoms with Crippen LogP contribution in [-0.4, -0.2) is 35.4 Å². The van der Waals surface area contributed by atoms with Gasteiger partial charge in [0.15, 0.2) is 18.2 Å². The average molecular weight is 421 g/mol. The predicted molar refractivity (Wildman–Crippen MR) is 111 cm³/mol. The van der Waals surface area contributed by atoms with Crippen LogP contribution in [0.15, 0.2) is 48.5 Å². The first-order valence-electron chi connectivity index (χ1n) is 9.53. The highest BCUT2D eigenvalue weighted by atomic mass is 35.5. The van der Waals surface area contributed by atoms with Gasteiger partial charge < -0.3 is 15.0 Å². The summed E-state index contributed by atoms with van der Waals surface area (Å²) in [5.74, 6) is -1.26. The molecule has 0 bridgehead atoms. The van der Waals surface area contributed by atoms with Crippen LogP contribution in [0.1, 0.15) is 32.8 Å². The Balaban J connectivity index is 2.17. The fraction of sp³-hybridized carbons (Fsp3) is 0.364. The molecule has 2 aromatic carbocycles. The first-order valence-corrected chi connectivity index (χ1v) is 9.91. The molecule has 0 saturated heterocycles. The van der Waals surface area contributed by atoms with Crippen LogP contribution in [0.25, 0.3) is 0 Å². The van der Waals surface area contributed by atoms with Crippen molar-refractivity contribution in [3.05, 3.63) is 64.9 Å². The molecular formula is C22H26ClFN2O3. The molecule has 2 amide bonds. The fourth-order valence-electron chi connectivity index (χ4n) is 2.66. The quantitative estimate of drug-likeness (QED) is 0.661. The Morgan fingerprint density at radius 1 is 1.17 bits per heavy atom. The largest absolute Gasteiger partial charge is 0.481 e. The molecular weight excluding hydrogens is 395 g/mol. The van der Waals surface area contributed by atoms with Crippen molar-refractivity contribution in [3.63, 3.8) is 0 Å². The molecule has 2 atom stereocenters. The van der Waals surface area contributed by atoms with Crippen LogP contribution in [0.3, 0.4) is 0 Å². The van der Waals surface area contributed by atoms with Crippen molar-refractivity contribution >= 4 is 23.4 Å². The minimum Gasteiger partial charge on any atom is -0.481 e. The molecule has 0 aromatic heterocycles. The number of rotatable bonds is 9. The lowest BCUT2D eigenvalue weighted by Crippen LogP contribution is -2.50. The van der Waals surface area contributed by atoms with E-state index in [9.17, 15) is 14.0 Å². The number of halogens is 2. The molecule has 1 N–H and O–H groups in total. The second-order valence-electron chi connectivity index (χ2n) is 6.86. The molecule has 0 heterocycles. The minimum absolute atomic E-state index is 0.0114. The van der Waals surface area contributed by atoms with Gasteiger partial charge in [0.2, 0.25) is 5.91 Å². The van der Waals surface area contributed by atoms with Crippen molar-refractivity contribution in [2.75, 3.05) is 6.61 Å². The molecule has 0 aliphatic carbocycles. The van der Waals surface area contributed by atoms with E-state index in [2.05, 4.69) is 5.32 Å². The second kappa shape index (κ2) is 10.8. The highest BCUT2D eigenvalue weighted by Gasteiger charge is 2.27. The molecule has 156 valence electrons. The number of para-hydroxylation sites is 1. The third-order valence-corrected chi connectivity index (χ3v) is 4.83. The van der Waals surface area contributed by atoms with Gasteiger partial charge >= 0.3 is 0 Å². The van der Waals surface area contributed by atoms with E-state index in [1.54, 1.807) is 31.2 Å². The maximum absolute atomic E-state index is 13.8. The molecule has 7 heteroatoms. The Morgan fingerprint density at radius 2 is 1.90 bits per heavy atom. The van der Waals surface area contributed by atoms with E-state index in [-0.39, 0.29) is 30.9 Å². The van der Waals surface area contributed by atoms with E-state index in [1.807, 2.05) is 19.9 Å². The lowest BCUT2D eigenvalue weighted by atomic mass is 10.1. The molecule has 0 radical (unpaired) electrons. The predicted octanol–water partition coefficient (Wildman–Crippen LogP) is 4.19. The van der Waals surface area contributed by atoms with Crippen molar-refractivity contribution < 1.29 is 18.7 Å². The molecule has 0 fully saturated rings. The maximum atomic E-state index is 13.8. The lowest BCUT2D eigenvalue weighted by Gasteiger charge is -2.29. The zero-order chi connectivity index (χ0) is 21.4. The van der Waals surface area contributed by atoms with Gasteiger partial charge in [-0.1, -0.05) is 42.8 Å². The Morgan fingerprint density at radius 3 is 2.55 bits per heavy atom. The standard InChI is InChI=1S/C22H26ClFN2O3/c1-4-15(2)25-22(28)16(3)26(13-17-8-7-9-18(23)12-17)21(27)14-29-20-11-6-5-10-19(20)24/h5-12,15-16H,4,13-14H2,1-3H3,(H,25,28)/t15-,16-/m0/s1. The summed E-state index contributed by atoms with van der Waals surface area (Å²) in [6, 6.07) is 12.2. The van der Waals surface area contributed by atoms with Crippen LogP contribution < -0.4 is 10.1 Å². The first kappa shape index (κ1) is 22.7. The molecule has 2 aromatic rings. The van der Waals surface area contributed by atoms with Gasteiger partial charge in [-0.05, 0) is 50.1 Å². The van der Waals surface area contributed by atoms with Gasteiger partial charge in [-0.25, -0.2) is 4.39 Å². The van der Waals surface area contributed by atoms with E-state index >= 15 is 0 Å². The molecule has 0 aliphatic heterocycles. The normalized spacial score (nSPS) is 12.7. The first-order chi connectivity index (χ1) is 13.8. The van der Waals surface area contributed by atoms with E-state index < -0.39 is 17.8 Å². The summed E-state index contributed by atoms with van der Waals surface area (Å²) < 4.78 is 19.1. The highest BCUT2D eigenvalue weighted by Crippen LogP contribution is 2.17. The Bertz CT molecular complexity index is 846. The topological polar surface area (TPSA) is 58.6 Å². The van der Waals surface area contributed by atoms with Gasteiger partial charge in [0.25, 0.3) is 5.91 Å². The number of carbonyl (C=O) groups excluding carboxylic acids is 2. The van der Waals surface area contributed by atoms with Crippen LogP contribution in [-0.2, 0) is 16.1 Å². The van der Waals surface area contributed by atoms with Crippen LogP contribution in [0.4, 0.5) is 4.39 Å². The zero-order valence-electron chi connectivity index (χ0n) is 16.8. The number of hydrogen-bond donors (Lipinski definition) is 1. The molecule has 0 spiro atoms. The SMILES string of the molecule is CC[C@H](C)NC(=O)[C@H](C)N(Cc1cccc(Cl)c1)C(=O)COc1ccccc1F. The maximum Gasteiger partial charge on any atom is 0.261 e. The van der Waals surface area contributed by atoms with Gasteiger partial charge in [0, 0.05) is 17.6 Å². The lowest BCUT2D eigenvalue weighted by molar-refractivity contribution is -0.142. The molecule has 2 rings (SSSR count). The fourth-order valence-corrected chi connectivity index (χ4v) is 2.88. The van der Waals surface area contributed by atoms with E-state index in [4.69, 9.17) is 16.3 Å². The smallest absolute Gasteiger partial charge is 0.261 e. The van der Waals surface area contributed by atoms with Crippen LogP contribution >= 0.6 is 11.6 Å². The van der Waals surface area contributed by atoms with Crippen molar-refractivity contribution in [1.29, 1.82) is 0 Å². The van der Waals surface area contributed by atoms with E-state index in [0.717, 1.165) is 12.0 Å². The van der Waals surface area contributed by atoms with Crippen molar-refractivity contribution in [1.82, 2.24) is 10.2 Å². The van der Waals surface area contributed by atoms with Gasteiger partial charge in [0.1, 0.15) is 6.04 Å². The highest BCUT2D eigenvalue weighted by molar-refractivity contribution is 6.30. The van der Waals surface area contributed by atoms with E-state index in [0.29, 0.717) is 5.02 Å². The number of nitrogens with one attached hydrogen (secondary N) is 1. The van der Waals surface area contributed by atoms with Crippen molar-refractivity contribution in [2.45, 2.75) is 45.8 Å². The molecule has 0 unspecified atom stereocenters. The third kappa shape index (κ3) is 6.75. The Kier molecular flexibility index (Phi) is 8.46.